The van der Waals surface area contributed by atoms with Gasteiger partial charge < -0.3 is 10.7 Å². The normalized spacial score (nSPS) is 40.9. The molecular weight excluding hydrogens is 148 g/mol. The van der Waals surface area contributed by atoms with E-state index in [2.05, 4.69) is 5.32 Å². The van der Waals surface area contributed by atoms with Crippen molar-refractivity contribution >= 4 is 5.71 Å². The maximum atomic E-state index is 7.58. The Morgan fingerprint density at radius 2 is 2.08 bits per heavy atom. The van der Waals surface area contributed by atoms with E-state index in [0.717, 1.165) is 17.7 Å². The molecule has 2 heteroatoms. The minimum absolute atomic E-state index is 0.401. The zero-order valence-corrected chi connectivity index (χ0v) is 7.77. The monoisotopic (exact) mass is 166 g/mol. The maximum absolute atomic E-state index is 7.58. The van der Waals surface area contributed by atoms with Crippen LogP contribution in [-0.4, -0.2) is 17.8 Å². The lowest BCUT2D eigenvalue weighted by Crippen LogP contribution is -2.35. The van der Waals surface area contributed by atoms with E-state index in [1.807, 2.05) is 6.92 Å². The highest BCUT2D eigenvalue weighted by Gasteiger charge is 2.35. The first-order chi connectivity index (χ1) is 5.77. The van der Waals surface area contributed by atoms with Crippen LogP contribution in [0, 0.1) is 11.3 Å². The third-order valence-electron chi connectivity index (χ3n) is 3.39. The van der Waals surface area contributed by atoms with Gasteiger partial charge in [0.2, 0.25) is 0 Å². The smallest absolute Gasteiger partial charge is 0.0450 e. The van der Waals surface area contributed by atoms with E-state index in [9.17, 15) is 0 Å². The molecule has 0 aromatic carbocycles. The second-order valence-corrected chi connectivity index (χ2v) is 4.29. The Balaban J connectivity index is 1.98. The molecule has 2 fully saturated rings. The summed E-state index contributed by atoms with van der Waals surface area (Å²) in [6, 6.07) is 1.14. The SMILES string of the molecule is CC(=N)[C@@H]1C[C@H]2CCCC[C@H]2N1. The molecule has 12 heavy (non-hydrogen) atoms. The minimum Gasteiger partial charge on any atom is -0.308 e. The van der Waals surface area contributed by atoms with Crippen molar-refractivity contribution in [2.45, 2.75) is 51.1 Å². The fourth-order valence-corrected chi connectivity index (χ4v) is 2.64. The summed E-state index contributed by atoms with van der Waals surface area (Å²) in [7, 11) is 0. The lowest BCUT2D eigenvalue weighted by atomic mass is 9.85. The highest BCUT2D eigenvalue weighted by molar-refractivity contribution is 5.84. The van der Waals surface area contributed by atoms with E-state index in [1.165, 1.54) is 32.1 Å². The Kier molecular flexibility index (Phi) is 2.18. The average molecular weight is 166 g/mol. The molecule has 0 spiro atoms. The predicted molar refractivity (Wildman–Crippen MR) is 50.7 cm³/mol. The van der Waals surface area contributed by atoms with Crippen LogP contribution in [-0.2, 0) is 0 Å². The van der Waals surface area contributed by atoms with E-state index in [4.69, 9.17) is 5.41 Å². The molecule has 2 rings (SSSR count). The fourth-order valence-electron chi connectivity index (χ4n) is 2.64. The van der Waals surface area contributed by atoms with Crippen LogP contribution in [0.25, 0.3) is 0 Å². The van der Waals surface area contributed by atoms with Crippen LogP contribution < -0.4 is 5.32 Å². The van der Waals surface area contributed by atoms with Crippen LogP contribution in [0.5, 0.6) is 0 Å². The Labute approximate surface area is 74.2 Å². The van der Waals surface area contributed by atoms with Gasteiger partial charge >= 0.3 is 0 Å². The molecule has 1 aliphatic carbocycles. The molecule has 0 unspecified atom stereocenters. The lowest BCUT2D eigenvalue weighted by molar-refractivity contribution is 0.326. The van der Waals surface area contributed by atoms with Crippen molar-refractivity contribution in [3.05, 3.63) is 0 Å². The van der Waals surface area contributed by atoms with E-state index in [0.29, 0.717) is 6.04 Å². The molecule has 0 aromatic heterocycles. The van der Waals surface area contributed by atoms with Crippen molar-refractivity contribution in [3.63, 3.8) is 0 Å². The molecular formula is C10H18N2. The summed E-state index contributed by atoms with van der Waals surface area (Å²) in [5.41, 5.74) is 0.824. The molecule has 0 radical (unpaired) electrons. The third-order valence-corrected chi connectivity index (χ3v) is 3.39. The lowest BCUT2D eigenvalue weighted by Gasteiger charge is -2.24. The van der Waals surface area contributed by atoms with E-state index >= 15 is 0 Å². The summed E-state index contributed by atoms with van der Waals surface area (Å²) in [5.74, 6) is 0.879. The van der Waals surface area contributed by atoms with Crippen molar-refractivity contribution < 1.29 is 0 Å². The summed E-state index contributed by atoms with van der Waals surface area (Å²) >= 11 is 0. The molecule has 2 aliphatic rings. The van der Waals surface area contributed by atoms with Crippen LogP contribution in [0.2, 0.25) is 0 Å². The Bertz CT molecular complexity index is 174. The number of hydrogen-bond acceptors (Lipinski definition) is 2. The van der Waals surface area contributed by atoms with Gasteiger partial charge in [-0.05, 0) is 32.1 Å². The molecule has 1 saturated heterocycles. The van der Waals surface area contributed by atoms with Gasteiger partial charge in [-0.2, -0.15) is 0 Å². The predicted octanol–water partition coefficient (Wildman–Crippen LogP) is 1.95. The summed E-state index contributed by atoms with van der Waals surface area (Å²) < 4.78 is 0. The van der Waals surface area contributed by atoms with Gasteiger partial charge in [0.15, 0.2) is 0 Å². The van der Waals surface area contributed by atoms with Crippen LogP contribution in [0.3, 0.4) is 0 Å². The van der Waals surface area contributed by atoms with Gasteiger partial charge in [-0.1, -0.05) is 12.8 Å². The number of fused-ring (bicyclic) bond motifs is 1. The molecule has 1 aliphatic heterocycles. The van der Waals surface area contributed by atoms with Gasteiger partial charge in [0.25, 0.3) is 0 Å². The first kappa shape index (κ1) is 8.24. The first-order valence-electron chi connectivity index (χ1n) is 5.08. The van der Waals surface area contributed by atoms with Gasteiger partial charge in [-0.3, -0.25) is 0 Å². The number of nitrogens with one attached hydrogen (secondary N) is 2. The van der Waals surface area contributed by atoms with Crippen molar-refractivity contribution in [1.29, 1.82) is 5.41 Å². The second-order valence-electron chi connectivity index (χ2n) is 4.29. The molecule has 2 nitrogen and oxygen atoms in total. The summed E-state index contributed by atoms with van der Waals surface area (Å²) in [6.07, 6.45) is 6.75. The summed E-state index contributed by atoms with van der Waals surface area (Å²) in [6.45, 7) is 1.93. The Morgan fingerprint density at radius 1 is 1.33 bits per heavy atom. The first-order valence-corrected chi connectivity index (χ1v) is 5.08. The Hall–Kier alpha value is -0.370. The van der Waals surface area contributed by atoms with Gasteiger partial charge in [0.1, 0.15) is 0 Å². The largest absolute Gasteiger partial charge is 0.308 e. The highest BCUT2D eigenvalue weighted by Crippen LogP contribution is 2.33. The molecule has 1 saturated carbocycles. The standard InChI is InChI=1S/C10H18N2/c1-7(11)10-6-8-4-2-3-5-9(8)12-10/h8-12H,2-6H2,1H3/t8-,9-,10+/m1/s1. The average Bonchev–Trinajstić information content (AvgIpc) is 2.46. The molecule has 68 valence electrons. The van der Waals surface area contributed by atoms with Crippen LogP contribution in [0.1, 0.15) is 39.0 Å². The van der Waals surface area contributed by atoms with Crippen LogP contribution in [0.4, 0.5) is 0 Å². The zero-order valence-electron chi connectivity index (χ0n) is 7.77. The number of hydrogen-bond donors (Lipinski definition) is 2. The van der Waals surface area contributed by atoms with Gasteiger partial charge in [0.05, 0.1) is 0 Å². The van der Waals surface area contributed by atoms with E-state index in [-0.39, 0.29) is 0 Å². The minimum atomic E-state index is 0.401. The van der Waals surface area contributed by atoms with Gasteiger partial charge in [-0.15, -0.1) is 0 Å². The topological polar surface area (TPSA) is 35.9 Å². The third kappa shape index (κ3) is 1.40. The van der Waals surface area contributed by atoms with Crippen LogP contribution in [0.15, 0.2) is 0 Å². The molecule has 0 amide bonds. The quantitative estimate of drug-likeness (QED) is 0.574. The van der Waals surface area contributed by atoms with Gasteiger partial charge in [0, 0.05) is 17.8 Å². The van der Waals surface area contributed by atoms with Crippen molar-refractivity contribution in [3.8, 4) is 0 Å². The maximum Gasteiger partial charge on any atom is 0.0450 e. The van der Waals surface area contributed by atoms with Crippen molar-refractivity contribution in [2.24, 2.45) is 5.92 Å². The second kappa shape index (κ2) is 3.17. The van der Waals surface area contributed by atoms with Gasteiger partial charge in [-0.25, -0.2) is 0 Å². The fraction of sp³-hybridized carbons (Fsp3) is 0.900. The molecule has 2 N–H and O–H groups in total. The summed E-state index contributed by atoms with van der Waals surface area (Å²) in [4.78, 5) is 0. The molecule has 0 aromatic rings. The molecule has 0 bridgehead atoms. The van der Waals surface area contributed by atoms with E-state index in [1.54, 1.807) is 0 Å². The zero-order chi connectivity index (χ0) is 8.55. The van der Waals surface area contributed by atoms with Crippen molar-refractivity contribution in [2.75, 3.05) is 0 Å². The summed E-state index contributed by atoms with van der Waals surface area (Å²) in [5, 5.41) is 11.1. The van der Waals surface area contributed by atoms with Crippen molar-refractivity contribution in [1.82, 2.24) is 5.32 Å². The van der Waals surface area contributed by atoms with E-state index < -0.39 is 0 Å². The Morgan fingerprint density at radius 3 is 2.75 bits per heavy atom. The highest BCUT2D eigenvalue weighted by atomic mass is 15.0. The number of rotatable bonds is 1. The van der Waals surface area contributed by atoms with Crippen LogP contribution >= 0.6 is 0 Å². The molecule has 1 heterocycles. The molecule has 3 atom stereocenters.